The molecule has 1 aromatic rings. The Kier molecular flexibility index (Phi) is 3.32. The maximum atomic E-state index is 4.80. The van der Waals surface area contributed by atoms with Crippen molar-refractivity contribution in [3.63, 3.8) is 0 Å². The van der Waals surface area contributed by atoms with E-state index in [1.54, 1.807) is 6.92 Å². The number of nitrogens with zero attached hydrogens (tertiary/aromatic N) is 2. The lowest BCUT2D eigenvalue weighted by molar-refractivity contribution is -0.425. The summed E-state index contributed by atoms with van der Waals surface area (Å²) in [5.74, 6) is 1.27. The van der Waals surface area contributed by atoms with E-state index in [1.807, 2.05) is 6.92 Å². The second-order valence-corrected chi connectivity index (χ2v) is 2.08. The van der Waals surface area contributed by atoms with Gasteiger partial charge < -0.3 is 22.7 Å². The molecular formula is C5H10ClN3O. The summed E-state index contributed by atoms with van der Waals surface area (Å²) in [5.41, 5.74) is 3.73. The molecule has 0 aromatic carbocycles. The first-order valence-electron chi connectivity index (χ1n) is 2.83. The van der Waals surface area contributed by atoms with Gasteiger partial charge in [-0.3, -0.25) is 0 Å². The van der Waals surface area contributed by atoms with Gasteiger partial charge in [0.1, 0.15) is 0 Å². The first kappa shape index (κ1) is 9.39. The molecule has 1 rings (SSSR count). The molecule has 1 heterocycles. The quantitative estimate of drug-likeness (QED) is 0.472. The van der Waals surface area contributed by atoms with Crippen LogP contribution in [0.4, 0.5) is 0 Å². The predicted octanol–water partition coefficient (Wildman–Crippen LogP) is -3.32. The van der Waals surface area contributed by atoms with Crippen molar-refractivity contribution in [2.75, 3.05) is 0 Å². The van der Waals surface area contributed by atoms with Gasteiger partial charge in [-0.2, -0.15) is 4.98 Å². The molecule has 1 aromatic heterocycles. The summed E-state index contributed by atoms with van der Waals surface area (Å²) in [6.07, 6.45) is 0. The van der Waals surface area contributed by atoms with Gasteiger partial charge in [-0.25, -0.2) is 0 Å². The molecule has 0 spiro atoms. The van der Waals surface area contributed by atoms with Gasteiger partial charge in [0.25, 0.3) is 5.89 Å². The van der Waals surface area contributed by atoms with Crippen LogP contribution in [0.3, 0.4) is 0 Å². The first-order chi connectivity index (χ1) is 4.20. The summed E-state index contributed by atoms with van der Waals surface area (Å²) in [7, 11) is 0. The van der Waals surface area contributed by atoms with Crippen LogP contribution in [0, 0.1) is 6.92 Å². The Morgan fingerprint density at radius 1 is 1.60 bits per heavy atom. The highest BCUT2D eigenvalue weighted by Crippen LogP contribution is 2.01. The molecule has 3 N–H and O–H groups in total. The van der Waals surface area contributed by atoms with E-state index in [9.17, 15) is 0 Å². The topological polar surface area (TPSA) is 66.6 Å². The Balaban J connectivity index is 0.000000810. The fourth-order valence-electron chi connectivity index (χ4n) is 0.513. The molecule has 58 valence electrons. The number of hydrogen-bond donors (Lipinski definition) is 1. The van der Waals surface area contributed by atoms with E-state index in [4.69, 9.17) is 4.52 Å². The molecule has 5 heteroatoms. The number of quaternary nitrogens is 1. The second kappa shape index (κ2) is 3.53. The van der Waals surface area contributed by atoms with Crippen LogP contribution in [-0.4, -0.2) is 10.1 Å². The van der Waals surface area contributed by atoms with E-state index < -0.39 is 0 Å². The molecular weight excluding hydrogens is 154 g/mol. The zero-order valence-corrected chi connectivity index (χ0v) is 6.72. The van der Waals surface area contributed by atoms with Crippen molar-refractivity contribution in [1.29, 1.82) is 0 Å². The van der Waals surface area contributed by atoms with E-state index in [1.165, 1.54) is 0 Å². The third kappa shape index (κ3) is 1.97. The van der Waals surface area contributed by atoms with Gasteiger partial charge in [0.15, 0.2) is 11.9 Å². The van der Waals surface area contributed by atoms with Crippen LogP contribution < -0.4 is 18.1 Å². The Hall–Kier alpha value is -0.610. The number of halogens is 1. The smallest absolute Gasteiger partial charge is 0.284 e. The molecule has 0 aliphatic rings. The van der Waals surface area contributed by atoms with Gasteiger partial charge in [-0.15, -0.1) is 0 Å². The molecule has 0 amide bonds. The molecule has 0 bridgehead atoms. The van der Waals surface area contributed by atoms with Gasteiger partial charge in [-0.05, 0) is 13.8 Å². The molecule has 0 saturated heterocycles. The second-order valence-electron chi connectivity index (χ2n) is 2.08. The van der Waals surface area contributed by atoms with Crippen LogP contribution in [0.5, 0.6) is 0 Å². The number of aromatic nitrogens is 2. The van der Waals surface area contributed by atoms with Gasteiger partial charge in [0.05, 0.1) is 0 Å². The van der Waals surface area contributed by atoms with Crippen molar-refractivity contribution in [3.8, 4) is 0 Å². The summed E-state index contributed by atoms with van der Waals surface area (Å²) in [4.78, 5) is 3.97. The minimum absolute atomic E-state index is 0. The standard InChI is InChI=1S/C5H9N3O.ClH/c1-3(6)5-7-4(2)8-9-5;/h3H,6H2,1-2H3;1H. The largest absolute Gasteiger partial charge is 1.00 e. The van der Waals surface area contributed by atoms with E-state index in [0.717, 1.165) is 0 Å². The first-order valence-corrected chi connectivity index (χ1v) is 2.83. The van der Waals surface area contributed by atoms with Crippen LogP contribution in [0.25, 0.3) is 0 Å². The Labute approximate surface area is 65.2 Å². The Bertz CT molecular complexity index is 199. The highest BCUT2D eigenvalue weighted by atomic mass is 35.5. The van der Waals surface area contributed by atoms with Crippen LogP contribution in [0.2, 0.25) is 0 Å². The Morgan fingerprint density at radius 3 is 2.40 bits per heavy atom. The normalized spacial score (nSPS) is 12.3. The zero-order valence-electron chi connectivity index (χ0n) is 5.97. The molecule has 0 aliphatic heterocycles. The fourth-order valence-corrected chi connectivity index (χ4v) is 0.513. The SMILES string of the molecule is Cc1noc(C(C)[NH3+])n1.[Cl-]. The van der Waals surface area contributed by atoms with Gasteiger partial charge in [-0.1, -0.05) is 5.16 Å². The minimum Gasteiger partial charge on any atom is -1.00 e. The van der Waals surface area contributed by atoms with E-state index in [-0.39, 0.29) is 18.4 Å². The lowest BCUT2D eigenvalue weighted by Gasteiger charge is -1.88. The van der Waals surface area contributed by atoms with Crippen molar-refractivity contribution < 1.29 is 22.7 Å². The Morgan fingerprint density at radius 2 is 2.20 bits per heavy atom. The predicted molar refractivity (Wildman–Crippen MR) is 30.3 cm³/mol. The number of aryl methyl sites for hydroxylation is 1. The van der Waals surface area contributed by atoms with Crippen LogP contribution in [0.15, 0.2) is 4.52 Å². The van der Waals surface area contributed by atoms with Crippen molar-refractivity contribution in [2.45, 2.75) is 19.9 Å². The zero-order chi connectivity index (χ0) is 6.85. The average Bonchev–Trinajstić information content (AvgIpc) is 2.14. The van der Waals surface area contributed by atoms with Gasteiger partial charge in [0, 0.05) is 0 Å². The fraction of sp³-hybridized carbons (Fsp3) is 0.600. The third-order valence-corrected chi connectivity index (χ3v) is 0.965. The highest BCUT2D eigenvalue weighted by molar-refractivity contribution is 4.84. The molecule has 4 nitrogen and oxygen atoms in total. The third-order valence-electron chi connectivity index (χ3n) is 0.965. The lowest BCUT2D eigenvalue weighted by atomic mass is 10.4. The highest BCUT2D eigenvalue weighted by Gasteiger charge is 2.09. The maximum Gasteiger partial charge on any atom is 0.284 e. The molecule has 10 heavy (non-hydrogen) atoms. The molecule has 0 fully saturated rings. The van der Waals surface area contributed by atoms with Crippen LogP contribution >= 0.6 is 0 Å². The lowest BCUT2D eigenvalue weighted by Crippen LogP contribution is -3.00. The van der Waals surface area contributed by atoms with Crippen molar-refractivity contribution in [1.82, 2.24) is 10.1 Å². The summed E-state index contributed by atoms with van der Waals surface area (Å²) < 4.78 is 4.80. The average molecular weight is 164 g/mol. The van der Waals surface area contributed by atoms with E-state index in [0.29, 0.717) is 11.7 Å². The summed E-state index contributed by atoms with van der Waals surface area (Å²) in [6, 6.07) is 0.0891. The van der Waals surface area contributed by atoms with Crippen LogP contribution in [0.1, 0.15) is 24.7 Å². The maximum absolute atomic E-state index is 4.80. The van der Waals surface area contributed by atoms with Crippen LogP contribution in [-0.2, 0) is 0 Å². The van der Waals surface area contributed by atoms with Gasteiger partial charge >= 0.3 is 0 Å². The van der Waals surface area contributed by atoms with Crippen molar-refractivity contribution in [3.05, 3.63) is 11.7 Å². The molecule has 0 radical (unpaired) electrons. The van der Waals surface area contributed by atoms with Crippen molar-refractivity contribution >= 4 is 0 Å². The number of rotatable bonds is 1. The summed E-state index contributed by atoms with van der Waals surface area (Å²) >= 11 is 0. The molecule has 0 saturated carbocycles. The molecule has 1 unspecified atom stereocenters. The number of hydrogen-bond acceptors (Lipinski definition) is 3. The van der Waals surface area contributed by atoms with Gasteiger partial charge in [0.2, 0.25) is 0 Å². The van der Waals surface area contributed by atoms with Crippen molar-refractivity contribution in [2.24, 2.45) is 0 Å². The monoisotopic (exact) mass is 163 g/mol. The molecule has 1 atom stereocenters. The molecule has 0 aliphatic carbocycles. The summed E-state index contributed by atoms with van der Waals surface area (Å²) in [6.45, 7) is 3.70. The van der Waals surface area contributed by atoms with E-state index in [2.05, 4.69) is 15.9 Å². The minimum atomic E-state index is 0. The van der Waals surface area contributed by atoms with E-state index >= 15 is 0 Å². The summed E-state index contributed by atoms with van der Waals surface area (Å²) in [5, 5.41) is 3.61.